The second kappa shape index (κ2) is 25.5. The van der Waals surface area contributed by atoms with E-state index in [1.807, 2.05) is 0 Å². The quantitative estimate of drug-likeness (QED) is 0.141. The SMILES string of the molecule is CCCCCCCCCCCCC(CC(C)CCCCCCCCCC)N(C)C.Cl. The molecule has 0 aliphatic rings. The van der Waals surface area contributed by atoms with Crippen molar-refractivity contribution in [2.45, 2.75) is 162 Å². The maximum absolute atomic E-state index is 2.50. The van der Waals surface area contributed by atoms with E-state index < -0.39 is 0 Å². The highest BCUT2D eigenvalue weighted by atomic mass is 35.5. The maximum atomic E-state index is 2.50. The molecule has 0 aromatic heterocycles. The minimum absolute atomic E-state index is 0. The van der Waals surface area contributed by atoms with Crippen LogP contribution in [0.5, 0.6) is 0 Å². The average molecular weight is 446 g/mol. The molecule has 2 atom stereocenters. The average Bonchev–Trinajstić information content (AvgIpc) is 2.70. The van der Waals surface area contributed by atoms with Crippen LogP contribution in [-0.4, -0.2) is 25.0 Å². The van der Waals surface area contributed by atoms with Crippen molar-refractivity contribution in [2.75, 3.05) is 14.1 Å². The van der Waals surface area contributed by atoms with Gasteiger partial charge in [0.25, 0.3) is 0 Å². The zero-order chi connectivity index (χ0) is 21.6. The van der Waals surface area contributed by atoms with E-state index >= 15 is 0 Å². The summed E-state index contributed by atoms with van der Waals surface area (Å²) >= 11 is 0. The van der Waals surface area contributed by atoms with Gasteiger partial charge in [0.1, 0.15) is 0 Å². The zero-order valence-corrected chi connectivity index (χ0v) is 22.7. The van der Waals surface area contributed by atoms with E-state index in [0.29, 0.717) is 0 Å². The van der Waals surface area contributed by atoms with Crippen molar-refractivity contribution in [3.05, 3.63) is 0 Å². The Morgan fingerprint density at radius 3 is 1.20 bits per heavy atom. The fourth-order valence-electron chi connectivity index (χ4n) is 4.66. The van der Waals surface area contributed by atoms with Crippen molar-refractivity contribution >= 4 is 12.4 Å². The van der Waals surface area contributed by atoms with Gasteiger partial charge in [-0.2, -0.15) is 0 Å². The topological polar surface area (TPSA) is 3.24 Å². The molecule has 0 fully saturated rings. The molecule has 0 amide bonds. The summed E-state index contributed by atoms with van der Waals surface area (Å²) in [5.74, 6) is 0.894. The van der Waals surface area contributed by atoms with Crippen LogP contribution in [0, 0.1) is 5.92 Å². The van der Waals surface area contributed by atoms with E-state index in [1.165, 1.54) is 135 Å². The summed E-state index contributed by atoms with van der Waals surface area (Å²) in [5, 5.41) is 0. The van der Waals surface area contributed by atoms with Crippen LogP contribution in [0.4, 0.5) is 0 Å². The molecule has 184 valence electrons. The molecule has 0 aliphatic carbocycles. The van der Waals surface area contributed by atoms with Gasteiger partial charge in [-0.3, -0.25) is 0 Å². The van der Waals surface area contributed by atoms with Gasteiger partial charge >= 0.3 is 0 Å². The van der Waals surface area contributed by atoms with Crippen molar-refractivity contribution in [2.24, 2.45) is 5.92 Å². The third kappa shape index (κ3) is 22.9. The molecule has 0 heterocycles. The number of halogens is 1. The summed E-state index contributed by atoms with van der Waals surface area (Å²) in [6, 6.07) is 0.799. The second-order valence-corrected chi connectivity index (χ2v) is 10.2. The Kier molecular flexibility index (Phi) is 27.6. The summed E-state index contributed by atoms with van der Waals surface area (Å²) in [4.78, 5) is 2.50. The molecule has 30 heavy (non-hydrogen) atoms. The van der Waals surface area contributed by atoms with E-state index in [-0.39, 0.29) is 12.4 Å². The van der Waals surface area contributed by atoms with Gasteiger partial charge in [0, 0.05) is 6.04 Å². The van der Waals surface area contributed by atoms with Crippen LogP contribution in [0.2, 0.25) is 0 Å². The Labute approximate surface area is 199 Å². The third-order valence-electron chi connectivity index (χ3n) is 6.85. The van der Waals surface area contributed by atoms with Crippen LogP contribution >= 0.6 is 12.4 Å². The van der Waals surface area contributed by atoms with Crippen LogP contribution < -0.4 is 0 Å². The number of unbranched alkanes of at least 4 members (excludes halogenated alkanes) is 16. The molecule has 0 aromatic rings. The van der Waals surface area contributed by atoms with Crippen LogP contribution in [-0.2, 0) is 0 Å². The van der Waals surface area contributed by atoms with Gasteiger partial charge in [-0.15, -0.1) is 12.4 Å². The lowest BCUT2D eigenvalue weighted by atomic mass is 9.92. The Morgan fingerprint density at radius 2 is 0.833 bits per heavy atom. The molecule has 0 saturated carbocycles. The van der Waals surface area contributed by atoms with E-state index in [0.717, 1.165) is 12.0 Å². The summed E-state index contributed by atoms with van der Waals surface area (Å²) in [7, 11) is 4.59. The summed E-state index contributed by atoms with van der Waals surface area (Å²) in [6.45, 7) is 7.10. The van der Waals surface area contributed by atoms with E-state index in [1.54, 1.807) is 0 Å². The third-order valence-corrected chi connectivity index (χ3v) is 6.85. The molecule has 0 rings (SSSR count). The van der Waals surface area contributed by atoms with Gasteiger partial charge in [0.15, 0.2) is 0 Å². The first-order valence-corrected chi connectivity index (χ1v) is 13.8. The normalized spacial score (nSPS) is 13.4. The van der Waals surface area contributed by atoms with Gasteiger partial charge in [0.2, 0.25) is 0 Å². The molecule has 1 nitrogen and oxygen atoms in total. The molecule has 0 aliphatic heterocycles. The zero-order valence-electron chi connectivity index (χ0n) is 21.9. The second-order valence-electron chi connectivity index (χ2n) is 10.2. The van der Waals surface area contributed by atoms with Crippen molar-refractivity contribution in [1.29, 1.82) is 0 Å². The molecule has 2 unspecified atom stereocenters. The highest BCUT2D eigenvalue weighted by Crippen LogP contribution is 2.22. The van der Waals surface area contributed by atoms with Crippen molar-refractivity contribution < 1.29 is 0 Å². The van der Waals surface area contributed by atoms with Gasteiger partial charge in [-0.25, -0.2) is 0 Å². The lowest BCUT2D eigenvalue weighted by Crippen LogP contribution is -2.29. The summed E-state index contributed by atoms with van der Waals surface area (Å²) < 4.78 is 0. The molecule has 0 radical (unpaired) electrons. The number of rotatable bonds is 23. The fourth-order valence-corrected chi connectivity index (χ4v) is 4.66. The van der Waals surface area contributed by atoms with Gasteiger partial charge < -0.3 is 4.90 Å². The molecular weight excluding hydrogens is 386 g/mol. The molecule has 0 bridgehead atoms. The molecule has 0 saturated heterocycles. The van der Waals surface area contributed by atoms with Crippen LogP contribution in [0.3, 0.4) is 0 Å². The highest BCUT2D eigenvalue weighted by molar-refractivity contribution is 5.85. The van der Waals surface area contributed by atoms with Crippen LogP contribution in [0.15, 0.2) is 0 Å². The van der Waals surface area contributed by atoms with Crippen molar-refractivity contribution in [1.82, 2.24) is 4.90 Å². The minimum atomic E-state index is 0. The smallest absolute Gasteiger partial charge is 0.00917 e. The number of nitrogens with zero attached hydrogens (tertiary/aromatic N) is 1. The molecule has 2 heteroatoms. The lowest BCUT2D eigenvalue weighted by molar-refractivity contribution is 0.225. The Hall–Kier alpha value is 0.250. The van der Waals surface area contributed by atoms with E-state index in [4.69, 9.17) is 0 Å². The predicted octanol–water partition coefficient (Wildman–Crippen LogP) is 10.2. The summed E-state index contributed by atoms with van der Waals surface area (Å²) in [5.41, 5.74) is 0. The molecule has 0 N–H and O–H groups in total. The Morgan fingerprint density at radius 1 is 0.500 bits per heavy atom. The highest BCUT2D eigenvalue weighted by Gasteiger charge is 2.15. The van der Waals surface area contributed by atoms with E-state index in [9.17, 15) is 0 Å². The maximum Gasteiger partial charge on any atom is 0.00917 e. The first kappa shape index (κ1) is 32.4. The van der Waals surface area contributed by atoms with Crippen molar-refractivity contribution in [3.63, 3.8) is 0 Å². The molecular formula is C28H60ClN. The van der Waals surface area contributed by atoms with Crippen LogP contribution in [0.1, 0.15) is 156 Å². The minimum Gasteiger partial charge on any atom is -0.306 e. The number of hydrogen-bond acceptors (Lipinski definition) is 1. The Balaban J connectivity index is 0. The van der Waals surface area contributed by atoms with Crippen LogP contribution in [0.25, 0.3) is 0 Å². The molecule has 0 spiro atoms. The monoisotopic (exact) mass is 445 g/mol. The first-order valence-electron chi connectivity index (χ1n) is 13.8. The fraction of sp³-hybridized carbons (Fsp3) is 1.00. The first-order chi connectivity index (χ1) is 14.1. The van der Waals surface area contributed by atoms with Crippen molar-refractivity contribution in [3.8, 4) is 0 Å². The van der Waals surface area contributed by atoms with Gasteiger partial charge in [0.05, 0.1) is 0 Å². The lowest BCUT2D eigenvalue weighted by Gasteiger charge is -2.27. The largest absolute Gasteiger partial charge is 0.306 e. The standard InChI is InChI=1S/C28H59N.ClH/c1-6-8-10-12-14-16-17-19-21-23-25-28(29(4)5)26-27(3)24-22-20-18-15-13-11-9-7-2;/h27-28H,6-26H2,1-5H3;1H. The Bertz CT molecular complexity index is 305. The number of hydrogen-bond donors (Lipinski definition) is 0. The van der Waals surface area contributed by atoms with Gasteiger partial charge in [-0.05, 0) is 32.9 Å². The van der Waals surface area contributed by atoms with E-state index in [2.05, 4.69) is 39.8 Å². The summed E-state index contributed by atoms with van der Waals surface area (Å²) in [6.07, 6.45) is 30.3. The van der Waals surface area contributed by atoms with Gasteiger partial charge in [-0.1, -0.05) is 143 Å². The predicted molar refractivity (Wildman–Crippen MR) is 142 cm³/mol. The molecule has 0 aromatic carbocycles.